The molecule has 0 spiro atoms. The molecule has 488 valence electrons. The Kier molecular flexibility index (Phi) is 23.6. The molecule has 0 radical (unpaired) electrons. The SMILES string of the molecule is C#Cc1cc(C(=O)Nc2ccc(CN3CCN(C)CC3)c(C(F)(F)F)c2)ccc1C.CC1CCCO1.CCOC(=O)c1cnn2c(Br)nnc2c1.Cc1ccc(C(=O)Nc2ccc(CN3CCN(C)CC3)c(C(F)(F)F)c2)cc1C#Cc1nnc2cc(C(=O)O)cnn12. The third-order valence-electron chi connectivity index (χ3n) is 15.2. The first kappa shape index (κ1) is 69.7. The van der Waals surface area contributed by atoms with Crippen molar-refractivity contribution in [1.82, 2.24) is 59.2 Å². The van der Waals surface area contributed by atoms with Crippen molar-refractivity contribution in [2.75, 3.05) is 90.3 Å². The number of aromatic nitrogens is 8. The molecule has 0 saturated carbocycles. The number of carbonyl (C=O) groups excluding carboxylic acids is 3. The van der Waals surface area contributed by atoms with Gasteiger partial charge in [-0.05, 0) is 147 Å². The van der Waals surface area contributed by atoms with Gasteiger partial charge in [-0.15, -0.1) is 26.8 Å². The molecule has 1 unspecified atom stereocenters. The predicted molar refractivity (Wildman–Crippen MR) is 337 cm³/mol. The van der Waals surface area contributed by atoms with Crippen LogP contribution in [0.3, 0.4) is 0 Å². The number of likely N-dealkylation sites (N-methyl/N-ethyl adjacent to an activating group) is 2. The van der Waals surface area contributed by atoms with Crippen LogP contribution in [0.4, 0.5) is 37.7 Å². The molecule has 0 bridgehead atoms. The van der Waals surface area contributed by atoms with Crippen molar-refractivity contribution < 1.29 is 60.1 Å². The van der Waals surface area contributed by atoms with Crippen molar-refractivity contribution in [3.8, 4) is 24.2 Å². The lowest BCUT2D eigenvalue weighted by atomic mass is 10.0. The van der Waals surface area contributed by atoms with E-state index in [1.54, 1.807) is 50.2 Å². The number of carbonyl (C=O) groups is 4. The van der Waals surface area contributed by atoms with Gasteiger partial charge in [-0.3, -0.25) is 19.4 Å². The van der Waals surface area contributed by atoms with Gasteiger partial charge in [-0.25, -0.2) is 9.59 Å². The number of alkyl halides is 6. The summed E-state index contributed by atoms with van der Waals surface area (Å²) < 4.78 is 96.2. The summed E-state index contributed by atoms with van der Waals surface area (Å²) >= 11 is 3.17. The molecule has 28 heteroatoms. The van der Waals surface area contributed by atoms with Crippen LogP contribution in [0, 0.1) is 38.0 Å². The number of carboxylic acids is 1. The number of rotatable bonds is 11. The molecule has 2 amide bonds. The first-order valence-electron chi connectivity index (χ1n) is 29.4. The van der Waals surface area contributed by atoms with Crippen LogP contribution in [0.5, 0.6) is 0 Å². The molecule has 8 aromatic rings. The van der Waals surface area contributed by atoms with E-state index in [0.29, 0.717) is 58.4 Å². The number of ether oxygens (including phenoxy) is 2. The Morgan fingerprint density at radius 3 is 1.63 bits per heavy atom. The fourth-order valence-corrected chi connectivity index (χ4v) is 10.1. The maximum atomic E-state index is 14.0. The second kappa shape index (κ2) is 31.4. The molecular weight excluding hydrogens is 1280 g/mol. The molecule has 4 aromatic heterocycles. The largest absolute Gasteiger partial charge is 0.478 e. The average molecular weight is 1350 g/mol. The Morgan fingerprint density at radius 1 is 0.656 bits per heavy atom. The van der Waals surface area contributed by atoms with Crippen molar-refractivity contribution in [3.05, 3.63) is 175 Å². The molecule has 3 fully saturated rings. The zero-order valence-electron chi connectivity index (χ0n) is 51.7. The normalized spacial score (nSPS) is 15.5. The summed E-state index contributed by atoms with van der Waals surface area (Å²) in [4.78, 5) is 56.3. The van der Waals surface area contributed by atoms with Crippen LogP contribution in [0.2, 0.25) is 0 Å². The van der Waals surface area contributed by atoms with Crippen LogP contribution < -0.4 is 10.6 Å². The number of amides is 2. The standard InChI is InChI=1S/C29H26F3N7O3.C23H24F3N3O.C8H7BrN4O2.C5H10O/c1-18-3-4-20(13-19(18)6-8-25-35-36-26-14-22(28(41)42)16-33-39(25)26)27(40)34-23-7-5-21(24(15-23)29(30,31)32)17-38-11-9-37(2)10-12-38;1-4-17-13-18(6-5-16(17)2)22(30)27-20-8-7-19(21(14-20)23(24,25)26)15-29-11-9-28(3)10-12-29;1-2-15-7(14)5-3-6-11-12-8(9)13(6)10-4-5;1-5-3-2-4-6-5/h3-5,7,13-16H,9-12,17H2,1-2H3,(H,34,40)(H,41,42);1,5-8,13-14H,9-12,15H2,2-3H3,(H,27,30);3-4H,2H2,1H3;5H,2-4H2,1H3. The molecule has 7 heterocycles. The van der Waals surface area contributed by atoms with E-state index >= 15 is 0 Å². The third kappa shape index (κ3) is 19.2. The first-order valence-corrected chi connectivity index (χ1v) is 30.2. The molecule has 11 rings (SSSR count). The molecule has 3 aliphatic heterocycles. The van der Waals surface area contributed by atoms with Crippen molar-refractivity contribution in [1.29, 1.82) is 0 Å². The van der Waals surface area contributed by atoms with E-state index < -0.39 is 47.2 Å². The summed E-state index contributed by atoms with van der Waals surface area (Å²) in [6.45, 7) is 15.2. The molecule has 0 aliphatic carbocycles. The number of piperazine rings is 2. The monoisotopic (exact) mass is 1350 g/mol. The van der Waals surface area contributed by atoms with E-state index in [9.17, 15) is 45.5 Å². The van der Waals surface area contributed by atoms with Gasteiger partial charge in [0.05, 0.1) is 47.4 Å². The van der Waals surface area contributed by atoms with Crippen molar-refractivity contribution >= 4 is 62.4 Å². The van der Waals surface area contributed by atoms with Gasteiger partial charge in [-0.2, -0.15) is 45.6 Å². The number of nitrogens with zero attached hydrogens (tertiary/aromatic N) is 12. The van der Waals surface area contributed by atoms with Crippen LogP contribution in [0.25, 0.3) is 11.3 Å². The fraction of sp³-hybridized carbons (Fsp3) is 0.354. The van der Waals surface area contributed by atoms with Crippen LogP contribution >= 0.6 is 15.9 Å². The number of hydrogen-bond donors (Lipinski definition) is 3. The lowest BCUT2D eigenvalue weighted by Gasteiger charge is -2.33. The topological polar surface area (TPSA) is 230 Å². The number of fused-ring (bicyclic) bond motifs is 2. The quantitative estimate of drug-likeness (QED) is 0.0621. The predicted octanol–water partition coefficient (Wildman–Crippen LogP) is 9.79. The number of hydrogen-bond acceptors (Lipinski definition) is 16. The number of nitrogens with one attached hydrogen (secondary N) is 2. The van der Waals surface area contributed by atoms with Gasteiger partial charge < -0.3 is 35.0 Å². The van der Waals surface area contributed by atoms with E-state index in [2.05, 4.69) is 91.6 Å². The van der Waals surface area contributed by atoms with E-state index in [1.807, 2.05) is 30.8 Å². The summed E-state index contributed by atoms with van der Waals surface area (Å²) in [5, 5.41) is 37.6. The highest BCUT2D eigenvalue weighted by Gasteiger charge is 2.36. The molecular formula is C65H67BrF6N14O7. The Hall–Kier alpha value is -9.16. The zero-order chi connectivity index (χ0) is 67.1. The smallest absolute Gasteiger partial charge is 0.416 e. The fourth-order valence-electron chi connectivity index (χ4n) is 9.77. The molecule has 3 N–H and O–H groups in total. The Balaban J connectivity index is 0.000000187. The minimum atomic E-state index is -4.58. The zero-order valence-corrected chi connectivity index (χ0v) is 53.3. The third-order valence-corrected chi connectivity index (χ3v) is 15.7. The lowest BCUT2D eigenvalue weighted by Crippen LogP contribution is -2.44. The summed E-state index contributed by atoms with van der Waals surface area (Å²) in [5.41, 5.74) is 3.16. The lowest BCUT2D eigenvalue weighted by molar-refractivity contribution is -0.139. The second-order valence-corrected chi connectivity index (χ2v) is 22.8. The number of terminal acetylenes is 1. The second-order valence-electron chi connectivity index (χ2n) is 22.1. The number of aryl methyl sites for hydroxylation is 2. The highest BCUT2D eigenvalue weighted by molar-refractivity contribution is 9.10. The molecule has 1 atom stereocenters. The molecule has 3 aliphatic rings. The summed E-state index contributed by atoms with van der Waals surface area (Å²) in [6, 6.07) is 20.3. The number of halogens is 7. The summed E-state index contributed by atoms with van der Waals surface area (Å²) in [5.74, 6) is 5.74. The number of anilines is 2. The van der Waals surface area contributed by atoms with Gasteiger partial charge in [-0.1, -0.05) is 36.1 Å². The van der Waals surface area contributed by atoms with Gasteiger partial charge in [0, 0.05) is 118 Å². The van der Waals surface area contributed by atoms with Gasteiger partial charge in [0.15, 0.2) is 11.3 Å². The maximum absolute atomic E-state index is 14.0. The average Bonchev–Trinajstić information content (AvgIpc) is 1.90. The number of benzene rings is 4. The van der Waals surface area contributed by atoms with E-state index in [-0.39, 0.29) is 58.2 Å². The number of carboxylic acid groups (broad SMARTS) is 1. The van der Waals surface area contributed by atoms with Crippen LogP contribution in [-0.4, -0.2) is 174 Å². The van der Waals surface area contributed by atoms with Gasteiger partial charge in [0.25, 0.3) is 11.8 Å². The van der Waals surface area contributed by atoms with E-state index in [1.165, 1.54) is 64.5 Å². The van der Waals surface area contributed by atoms with Crippen molar-refractivity contribution in [2.45, 2.75) is 72.1 Å². The van der Waals surface area contributed by atoms with E-state index in [4.69, 9.17) is 21.0 Å². The minimum Gasteiger partial charge on any atom is -0.478 e. The highest BCUT2D eigenvalue weighted by Crippen LogP contribution is 2.36. The number of aromatic carboxylic acids is 1. The first-order chi connectivity index (χ1) is 44.3. The highest BCUT2D eigenvalue weighted by atomic mass is 79.9. The van der Waals surface area contributed by atoms with Crippen molar-refractivity contribution in [2.24, 2.45) is 0 Å². The van der Waals surface area contributed by atoms with Crippen LogP contribution in [0.15, 0.2) is 102 Å². The van der Waals surface area contributed by atoms with Gasteiger partial charge in [0.2, 0.25) is 10.6 Å². The molecule has 4 aromatic carbocycles. The minimum absolute atomic E-state index is 0.0318. The maximum Gasteiger partial charge on any atom is 0.416 e. The summed E-state index contributed by atoms with van der Waals surface area (Å²) in [7, 11) is 3.98. The summed E-state index contributed by atoms with van der Waals surface area (Å²) in [6.07, 6.45) is 1.99. The Bertz CT molecular complexity index is 4100. The van der Waals surface area contributed by atoms with Gasteiger partial charge in [0.1, 0.15) is 0 Å². The van der Waals surface area contributed by atoms with Crippen LogP contribution in [-0.2, 0) is 34.9 Å². The molecule has 3 saturated heterocycles. The Morgan fingerprint density at radius 2 is 1.15 bits per heavy atom. The molecule has 93 heavy (non-hydrogen) atoms. The van der Waals surface area contributed by atoms with Crippen molar-refractivity contribution in [3.63, 3.8) is 0 Å². The van der Waals surface area contributed by atoms with E-state index in [0.717, 1.165) is 75.3 Å². The number of esters is 1. The van der Waals surface area contributed by atoms with Gasteiger partial charge >= 0.3 is 24.3 Å². The Labute approximate surface area is 540 Å². The molecule has 21 nitrogen and oxygen atoms in total. The van der Waals surface area contributed by atoms with Crippen LogP contribution in [0.1, 0.15) is 118 Å².